The fraction of sp³-hybridized carbons (Fsp3) is 0.0588. The molecule has 2 heterocycles. The molecule has 1 N–H and O–H groups in total. The van der Waals surface area contributed by atoms with Gasteiger partial charge in [-0.3, -0.25) is 9.78 Å². The van der Waals surface area contributed by atoms with Gasteiger partial charge in [-0.25, -0.2) is 9.97 Å². The number of anilines is 1. The molecule has 5 nitrogen and oxygen atoms in total. The summed E-state index contributed by atoms with van der Waals surface area (Å²) < 4.78 is 38.4. The number of aromatic nitrogens is 3. The molecule has 3 rings (SSSR count). The Kier molecular flexibility index (Phi) is 4.85. The molecule has 0 fully saturated rings. The van der Waals surface area contributed by atoms with Gasteiger partial charge in [0.25, 0.3) is 5.91 Å². The summed E-state index contributed by atoms with van der Waals surface area (Å²) in [6, 6.07) is 7.93. The quantitative estimate of drug-likeness (QED) is 0.730. The number of amides is 1. The Morgan fingerprint density at radius 3 is 2.58 bits per heavy atom. The van der Waals surface area contributed by atoms with Gasteiger partial charge in [0.1, 0.15) is 12.0 Å². The van der Waals surface area contributed by atoms with Gasteiger partial charge in [-0.05, 0) is 30.3 Å². The first kappa shape index (κ1) is 17.8. The van der Waals surface area contributed by atoms with Gasteiger partial charge in [-0.1, -0.05) is 17.7 Å². The van der Waals surface area contributed by atoms with Gasteiger partial charge in [0.05, 0.1) is 28.2 Å². The fourth-order valence-corrected chi connectivity index (χ4v) is 2.46. The first-order valence-corrected chi connectivity index (χ1v) is 7.63. The molecule has 0 saturated carbocycles. The zero-order valence-corrected chi connectivity index (χ0v) is 13.7. The van der Waals surface area contributed by atoms with Crippen LogP contribution in [0.5, 0.6) is 0 Å². The van der Waals surface area contributed by atoms with Crippen LogP contribution in [0.1, 0.15) is 16.1 Å². The van der Waals surface area contributed by atoms with Crippen LogP contribution in [0.2, 0.25) is 5.02 Å². The standard InChI is InChI=1S/C17H10ClF3N4O/c18-13-6-10(3-4-12(13)17(19,20)21)14-7-15(24-9-23-14)16(26)25-11-2-1-5-22-8-11/h1-9H,(H,25,26). The van der Waals surface area contributed by atoms with E-state index in [0.29, 0.717) is 11.3 Å². The number of hydrogen-bond acceptors (Lipinski definition) is 4. The second-order valence-corrected chi connectivity index (χ2v) is 5.58. The minimum Gasteiger partial charge on any atom is -0.319 e. The van der Waals surface area contributed by atoms with Gasteiger partial charge in [-0.15, -0.1) is 0 Å². The highest BCUT2D eigenvalue weighted by atomic mass is 35.5. The number of nitrogens with one attached hydrogen (secondary N) is 1. The molecule has 2 aromatic heterocycles. The SMILES string of the molecule is O=C(Nc1cccnc1)c1cc(-c2ccc(C(F)(F)F)c(Cl)c2)ncn1. The van der Waals surface area contributed by atoms with E-state index in [-0.39, 0.29) is 11.4 Å². The average molecular weight is 379 g/mol. The molecule has 1 aromatic carbocycles. The fourth-order valence-electron chi connectivity index (χ4n) is 2.18. The number of benzene rings is 1. The van der Waals surface area contributed by atoms with Gasteiger partial charge >= 0.3 is 6.18 Å². The lowest BCUT2D eigenvalue weighted by Gasteiger charge is -2.10. The summed E-state index contributed by atoms with van der Waals surface area (Å²) in [4.78, 5) is 24.0. The lowest BCUT2D eigenvalue weighted by molar-refractivity contribution is -0.137. The maximum Gasteiger partial charge on any atom is 0.417 e. The van der Waals surface area contributed by atoms with Crippen molar-refractivity contribution in [2.24, 2.45) is 0 Å². The third-order valence-electron chi connectivity index (χ3n) is 3.39. The molecular weight excluding hydrogens is 369 g/mol. The molecule has 0 unspecified atom stereocenters. The minimum atomic E-state index is -4.55. The largest absolute Gasteiger partial charge is 0.417 e. The summed E-state index contributed by atoms with van der Waals surface area (Å²) in [5.74, 6) is -0.500. The van der Waals surface area contributed by atoms with Crippen LogP contribution in [0.15, 0.2) is 55.1 Å². The normalized spacial score (nSPS) is 11.2. The van der Waals surface area contributed by atoms with Crippen LogP contribution in [-0.2, 0) is 6.18 Å². The number of nitrogens with zero attached hydrogens (tertiary/aromatic N) is 3. The van der Waals surface area contributed by atoms with Crippen molar-refractivity contribution in [3.05, 3.63) is 71.4 Å². The van der Waals surface area contributed by atoms with Gasteiger partial charge < -0.3 is 5.32 Å². The number of hydrogen-bond donors (Lipinski definition) is 1. The van der Waals surface area contributed by atoms with Crippen molar-refractivity contribution in [2.45, 2.75) is 6.18 Å². The van der Waals surface area contributed by atoms with Gasteiger partial charge in [0.15, 0.2) is 0 Å². The van der Waals surface area contributed by atoms with Crippen molar-refractivity contribution in [3.8, 4) is 11.3 Å². The maximum atomic E-state index is 12.8. The number of pyridine rings is 1. The Morgan fingerprint density at radius 1 is 1.12 bits per heavy atom. The average Bonchev–Trinajstić information content (AvgIpc) is 2.61. The third kappa shape index (κ3) is 3.97. The molecule has 0 saturated heterocycles. The Hall–Kier alpha value is -3.00. The molecule has 0 spiro atoms. The van der Waals surface area contributed by atoms with Crippen molar-refractivity contribution in [3.63, 3.8) is 0 Å². The summed E-state index contributed by atoms with van der Waals surface area (Å²) in [6.07, 6.45) is -0.364. The second-order valence-electron chi connectivity index (χ2n) is 5.18. The summed E-state index contributed by atoms with van der Waals surface area (Å²) in [7, 11) is 0. The zero-order chi connectivity index (χ0) is 18.7. The molecule has 0 atom stereocenters. The Bertz CT molecular complexity index is 948. The number of carbonyl (C=O) groups is 1. The number of alkyl halides is 3. The lowest BCUT2D eigenvalue weighted by Crippen LogP contribution is -2.14. The predicted octanol–water partition coefficient (Wildman–Crippen LogP) is 4.46. The van der Waals surface area contributed by atoms with Crippen LogP contribution in [0.4, 0.5) is 18.9 Å². The summed E-state index contributed by atoms with van der Waals surface area (Å²) in [5.41, 5.74) is 0.199. The Morgan fingerprint density at radius 2 is 1.92 bits per heavy atom. The smallest absolute Gasteiger partial charge is 0.319 e. The van der Waals surface area contributed by atoms with E-state index in [1.807, 2.05) is 0 Å². The van der Waals surface area contributed by atoms with E-state index in [2.05, 4.69) is 20.3 Å². The van der Waals surface area contributed by atoms with Crippen LogP contribution < -0.4 is 5.32 Å². The highest BCUT2D eigenvalue weighted by molar-refractivity contribution is 6.31. The summed E-state index contributed by atoms with van der Waals surface area (Å²) >= 11 is 5.72. The van der Waals surface area contributed by atoms with Crippen molar-refractivity contribution in [1.82, 2.24) is 15.0 Å². The number of carbonyl (C=O) groups excluding carboxylic acids is 1. The number of rotatable bonds is 3. The van der Waals surface area contributed by atoms with Crippen LogP contribution >= 0.6 is 11.6 Å². The first-order valence-electron chi connectivity index (χ1n) is 7.25. The molecule has 132 valence electrons. The van der Waals surface area contributed by atoms with Crippen molar-refractivity contribution in [2.75, 3.05) is 5.32 Å². The van der Waals surface area contributed by atoms with E-state index in [9.17, 15) is 18.0 Å². The zero-order valence-electron chi connectivity index (χ0n) is 13.0. The topological polar surface area (TPSA) is 67.8 Å². The Labute approximate surface area is 150 Å². The van der Waals surface area contributed by atoms with Crippen LogP contribution in [0.3, 0.4) is 0 Å². The van der Waals surface area contributed by atoms with E-state index in [4.69, 9.17) is 11.6 Å². The third-order valence-corrected chi connectivity index (χ3v) is 3.70. The maximum absolute atomic E-state index is 12.8. The van der Waals surface area contributed by atoms with Crippen molar-refractivity contribution < 1.29 is 18.0 Å². The molecule has 3 aromatic rings. The van der Waals surface area contributed by atoms with E-state index in [1.54, 1.807) is 18.3 Å². The monoisotopic (exact) mass is 378 g/mol. The molecule has 0 aliphatic rings. The second kappa shape index (κ2) is 7.09. The van der Waals surface area contributed by atoms with Gasteiger partial charge in [-0.2, -0.15) is 13.2 Å². The highest BCUT2D eigenvalue weighted by Crippen LogP contribution is 2.36. The number of halogens is 4. The minimum absolute atomic E-state index is 0.0508. The molecule has 9 heteroatoms. The van der Waals surface area contributed by atoms with E-state index in [1.165, 1.54) is 18.3 Å². The van der Waals surface area contributed by atoms with E-state index >= 15 is 0 Å². The molecule has 0 bridgehead atoms. The summed E-state index contributed by atoms with van der Waals surface area (Å²) in [5, 5.41) is 2.16. The highest BCUT2D eigenvalue weighted by Gasteiger charge is 2.33. The van der Waals surface area contributed by atoms with Gasteiger partial charge in [0.2, 0.25) is 0 Å². The molecule has 0 aliphatic carbocycles. The molecule has 0 aliphatic heterocycles. The molecule has 1 amide bonds. The molecule has 0 radical (unpaired) electrons. The van der Waals surface area contributed by atoms with Crippen LogP contribution in [0.25, 0.3) is 11.3 Å². The van der Waals surface area contributed by atoms with E-state index in [0.717, 1.165) is 18.5 Å². The molecule has 26 heavy (non-hydrogen) atoms. The van der Waals surface area contributed by atoms with Crippen molar-refractivity contribution >= 4 is 23.2 Å². The predicted molar refractivity (Wildman–Crippen MR) is 89.7 cm³/mol. The van der Waals surface area contributed by atoms with Crippen LogP contribution in [-0.4, -0.2) is 20.9 Å². The van der Waals surface area contributed by atoms with Crippen molar-refractivity contribution in [1.29, 1.82) is 0 Å². The van der Waals surface area contributed by atoms with Crippen LogP contribution in [0, 0.1) is 0 Å². The summed E-state index contributed by atoms with van der Waals surface area (Å²) in [6.45, 7) is 0. The Balaban J connectivity index is 1.88. The van der Waals surface area contributed by atoms with Gasteiger partial charge in [0, 0.05) is 11.8 Å². The lowest BCUT2D eigenvalue weighted by atomic mass is 10.1. The first-order chi connectivity index (χ1) is 12.3. The van der Waals surface area contributed by atoms with E-state index < -0.39 is 22.7 Å². The molecular formula is C17H10ClF3N4O.